The van der Waals surface area contributed by atoms with E-state index in [1.54, 1.807) is 20.2 Å². The largest absolute Gasteiger partial charge is 0.406 e. The van der Waals surface area contributed by atoms with Gasteiger partial charge in [-0.25, -0.2) is 4.98 Å². The van der Waals surface area contributed by atoms with E-state index in [2.05, 4.69) is 9.38 Å². The van der Waals surface area contributed by atoms with Crippen molar-refractivity contribution in [3.63, 3.8) is 0 Å². The Balaban J connectivity index is 2.51. The summed E-state index contributed by atoms with van der Waals surface area (Å²) in [6, 6.07) is 3.13. The molecule has 0 saturated carbocycles. The molecule has 112 valence electrons. The number of pyridine rings is 1. The van der Waals surface area contributed by atoms with E-state index in [0.717, 1.165) is 11.3 Å². The molecule has 0 aromatic carbocycles. The van der Waals surface area contributed by atoms with Gasteiger partial charge in [0, 0.05) is 32.6 Å². The van der Waals surface area contributed by atoms with E-state index in [1.165, 1.54) is 30.4 Å². The molecule has 0 amide bonds. The molecule has 0 aliphatic heterocycles. The summed E-state index contributed by atoms with van der Waals surface area (Å²) in [6.07, 6.45) is 2.66. The predicted octanol–water partition coefficient (Wildman–Crippen LogP) is 1.50. The average molecular weight is 327 g/mol. The van der Waals surface area contributed by atoms with E-state index in [4.69, 9.17) is 4.74 Å². The zero-order valence-corrected chi connectivity index (χ0v) is 13.2. The molecule has 0 unspecified atom stereocenters. The van der Waals surface area contributed by atoms with Gasteiger partial charge in [-0.3, -0.25) is 4.79 Å². The molecule has 0 aliphatic rings. The van der Waals surface area contributed by atoms with Gasteiger partial charge in [0.1, 0.15) is 10.5 Å². The molecule has 2 rings (SSSR count). The highest BCUT2D eigenvalue weighted by molar-refractivity contribution is 7.92. The Morgan fingerprint density at radius 2 is 2.19 bits per heavy atom. The molecule has 0 saturated heterocycles. The molecule has 0 aliphatic carbocycles. The smallest absolute Gasteiger partial charge is 0.309 e. The summed E-state index contributed by atoms with van der Waals surface area (Å²) in [5, 5.41) is 0.630. The summed E-state index contributed by atoms with van der Waals surface area (Å²) in [5.74, 6) is -0.415. The van der Waals surface area contributed by atoms with Gasteiger partial charge in [-0.15, -0.1) is 15.7 Å². The standard InChI is InChI=1S/C12H13N3O4S2/c1-8(16)19-12-11-9(4-5-13-12)6-10(20-11)21(17,18)14-7-15(2)3/h4-7H,1-3H3/b14-7+. The number of sulfonamides is 1. The summed E-state index contributed by atoms with van der Waals surface area (Å²) in [6.45, 7) is 1.26. The second-order valence-electron chi connectivity index (χ2n) is 4.35. The van der Waals surface area contributed by atoms with Crippen molar-refractivity contribution < 1.29 is 17.9 Å². The Morgan fingerprint density at radius 3 is 2.81 bits per heavy atom. The lowest BCUT2D eigenvalue weighted by Crippen LogP contribution is -2.09. The van der Waals surface area contributed by atoms with Crippen LogP contribution in [0.3, 0.4) is 0 Å². The molecule has 2 aromatic heterocycles. The molecule has 2 heterocycles. The lowest BCUT2D eigenvalue weighted by Gasteiger charge is -2.01. The van der Waals surface area contributed by atoms with Crippen LogP contribution in [0.1, 0.15) is 6.92 Å². The van der Waals surface area contributed by atoms with E-state index in [1.807, 2.05) is 0 Å². The van der Waals surface area contributed by atoms with Gasteiger partial charge in [0.2, 0.25) is 5.88 Å². The Kier molecular flexibility index (Phi) is 4.24. The van der Waals surface area contributed by atoms with Crippen LogP contribution in [0.25, 0.3) is 10.1 Å². The van der Waals surface area contributed by atoms with Crippen LogP contribution in [0.4, 0.5) is 0 Å². The first-order valence-corrected chi connectivity index (χ1v) is 8.09. The number of fused-ring (bicyclic) bond motifs is 1. The molecule has 0 N–H and O–H groups in total. The second kappa shape index (κ2) is 5.78. The molecule has 7 nitrogen and oxygen atoms in total. The molecule has 21 heavy (non-hydrogen) atoms. The monoisotopic (exact) mass is 327 g/mol. The molecule has 0 radical (unpaired) electrons. The minimum Gasteiger partial charge on any atom is -0.406 e. The number of carbonyl (C=O) groups is 1. The number of carbonyl (C=O) groups excluding carboxylic acids is 1. The van der Waals surface area contributed by atoms with Gasteiger partial charge in [0.15, 0.2) is 0 Å². The van der Waals surface area contributed by atoms with Crippen LogP contribution in [0, 0.1) is 0 Å². The van der Waals surface area contributed by atoms with Crippen molar-refractivity contribution in [3.05, 3.63) is 18.3 Å². The number of esters is 1. The third-order valence-corrected chi connectivity index (χ3v) is 5.10. The fraction of sp³-hybridized carbons (Fsp3) is 0.250. The summed E-state index contributed by atoms with van der Waals surface area (Å²) >= 11 is 0.965. The van der Waals surface area contributed by atoms with Gasteiger partial charge < -0.3 is 9.64 Å². The van der Waals surface area contributed by atoms with E-state index in [9.17, 15) is 13.2 Å². The third-order valence-electron chi connectivity index (χ3n) is 2.29. The number of hydrogen-bond acceptors (Lipinski definition) is 6. The molecule has 2 aromatic rings. The highest BCUT2D eigenvalue weighted by atomic mass is 32.2. The van der Waals surface area contributed by atoms with Crippen LogP contribution in [-0.4, -0.2) is 44.7 Å². The number of hydrogen-bond donors (Lipinski definition) is 0. The molecule has 0 spiro atoms. The Hall–Kier alpha value is -2.00. The van der Waals surface area contributed by atoms with Gasteiger partial charge in [-0.05, 0) is 12.1 Å². The number of aromatic nitrogens is 1. The molecule has 9 heteroatoms. The van der Waals surface area contributed by atoms with Crippen LogP contribution in [0.5, 0.6) is 5.88 Å². The van der Waals surface area contributed by atoms with Crippen LogP contribution < -0.4 is 4.74 Å². The number of thiophene rings is 1. The first-order valence-electron chi connectivity index (χ1n) is 5.83. The lowest BCUT2D eigenvalue weighted by atomic mass is 10.3. The van der Waals surface area contributed by atoms with E-state index < -0.39 is 16.0 Å². The maximum absolute atomic E-state index is 12.1. The molecule has 0 fully saturated rings. The van der Waals surface area contributed by atoms with Crippen molar-refractivity contribution in [2.45, 2.75) is 11.1 Å². The first kappa shape index (κ1) is 15.4. The van der Waals surface area contributed by atoms with Crippen LogP contribution in [0.15, 0.2) is 26.9 Å². The van der Waals surface area contributed by atoms with Gasteiger partial charge in [-0.2, -0.15) is 8.42 Å². The van der Waals surface area contributed by atoms with E-state index in [-0.39, 0.29) is 10.1 Å². The van der Waals surface area contributed by atoms with Crippen molar-refractivity contribution in [3.8, 4) is 5.88 Å². The lowest BCUT2D eigenvalue weighted by molar-refractivity contribution is -0.132. The minimum absolute atomic E-state index is 0.0667. The van der Waals surface area contributed by atoms with Crippen molar-refractivity contribution >= 4 is 43.8 Å². The number of nitrogens with zero attached hydrogens (tertiary/aromatic N) is 3. The van der Waals surface area contributed by atoms with Crippen LogP contribution >= 0.6 is 11.3 Å². The minimum atomic E-state index is -3.78. The highest BCUT2D eigenvalue weighted by Crippen LogP contribution is 2.35. The third kappa shape index (κ3) is 3.56. The van der Waals surface area contributed by atoms with Gasteiger partial charge in [0.25, 0.3) is 10.0 Å². The van der Waals surface area contributed by atoms with Crippen molar-refractivity contribution in [1.29, 1.82) is 0 Å². The topological polar surface area (TPSA) is 88.9 Å². The summed E-state index contributed by atoms with van der Waals surface area (Å²) in [4.78, 5) is 16.5. The number of ether oxygens (including phenoxy) is 1. The Morgan fingerprint density at radius 1 is 1.48 bits per heavy atom. The maximum atomic E-state index is 12.1. The summed E-state index contributed by atoms with van der Waals surface area (Å²) < 4.78 is 33.3. The zero-order valence-electron chi connectivity index (χ0n) is 11.6. The summed E-state index contributed by atoms with van der Waals surface area (Å²) in [5.41, 5.74) is 0. The van der Waals surface area contributed by atoms with E-state index >= 15 is 0 Å². The van der Waals surface area contributed by atoms with E-state index in [0.29, 0.717) is 10.1 Å². The molecule has 0 atom stereocenters. The zero-order chi connectivity index (χ0) is 15.6. The second-order valence-corrected chi connectivity index (χ2v) is 7.26. The Bertz CT molecular complexity index is 809. The first-order chi connectivity index (χ1) is 9.79. The molecule has 0 bridgehead atoms. The van der Waals surface area contributed by atoms with Gasteiger partial charge >= 0.3 is 5.97 Å². The highest BCUT2D eigenvalue weighted by Gasteiger charge is 2.19. The van der Waals surface area contributed by atoms with Crippen molar-refractivity contribution in [1.82, 2.24) is 9.88 Å². The molecular formula is C12H13N3O4S2. The predicted molar refractivity (Wildman–Crippen MR) is 80.3 cm³/mol. The average Bonchev–Trinajstić information content (AvgIpc) is 2.82. The van der Waals surface area contributed by atoms with Crippen molar-refractivity contribution in [2.24, 2.45) is 4.40 Å². The number of rotatable bonds is 4. The van der Waals surface area contributed by atoms with Crippen LogP contribution in [0.2, 0.25) is 0 Å². The fourth-order valence-corrected chi connectivity index (χ4v) is 3.77. The van der Waals surface area contributed by atoms with Gasteiger partial charge in [-0.1, -0.05) is 0 Å². The van der Waals surface area contributed by atoms with Crippen molar-refractivity contribution in [2.75, 3.05) is 14.1 Å². The Labute approximate surface area is 125 Å². The quantitative estimate of drug-likeness (QED) is 0.480. The SMILES string of the molecule is CC(=O)Oc1nccc2cc(S(=O)(=O)/N=C/N(C)C)sc12. The molecular weight excluding hydrogens is 314 g/mol. The maximum Gasteiger partial charge on any atom is 0.309 e. The van der Waals surface area contributed by atoms with Crippen LogP contribution in [-0.2, 0) is 14.8 Å². The van der Waals surface area contributed by atoms with Gasteiger partial charge in [0.05, 0.1) is 4.70 Å². The fourth-order valence-electron chi connectivity index (χ4n) is 1.46. The normalized spacial score (nSPS) is 12.0. The summed E-state index contributed by atoms with van der Waals surface area (Å²) in [7, 11) is -0.438.